The van der Waals surface area contributed by atoms with Crippen LogP contribution < -0.4 is 15.3 Å². The number of hydrogen-bond donors (Lipinski definition) is 0. The van der Waals surface area contributed by atoms with Crippen molar-refractivity contribution in [1.29, 1.82) is 0 Å². The van der Waals surface area contributed by atoms with Crippen molar-refractivity contribution in [2.75, 3.05) is 14.1 Å². The lowest BCUT2D eigenvalue weighted by molar-refractivity contribution is 0.324. The van der Waals surface area contributed by atoms with Gasteiger partial charge in [-0.15, -0.1) is 0 Å². The van der Waals surface area contributed by atoms with Crippen LogP contribution in [-0.4, -0.2) is 24.8 Å². The molecule has 4 rings (SSSR count). The Hall–Kier alpha value is -2.55. The predicted octanol–water partition coefficient (Wildman–Crippen LogP) is 1.47. The van der Waals surface area contributed by atoms with Gasteiger partial charge in [0.25, 0.3) is 0 Å². The van der Waals surface area contributed by atoms with Crippen molar-refractivity contribution >= 4 is 18.0 Å². The molecule has 3 heteroatoms. The van der Waals surface area contributed by atoms with Gasteiger partial charge in [0.2, 0.25) is 0 Å². The molecule has 0 atom stereocenters. The standard InChI is InChI=1S/C18H16N2O/c1-20(2)17-11-15-8-7-14-9-12-5-3-4-6-13(12)10-16(14)18(15)21-19-17/h3-9,11H,10H2,1-2H3. The molecule has 2 aliphatic rings. The summed E-state index contributed by atoms with van der Waals surface area (Å²) in [4.78, 5) is 7.65. The molecular weight excluding hydrogens is 260 g/mol. The Morgan fingerprint density at radius 2 is 1.81 bits per heavy atom. The summed E-state index contributed by atoms with van der Waals surface area (Å²) in [5, 5.41) is 6.53. The van der Waals surface area contributed by atoms with Crippen LogP contribution in [0.25, 0.3) is 12.2 Å². The summed E-state index contributed by atoms with van der Waals surface area (Å²) in [5.41, 5.74) is 3.86. The van der Waals surface area contributed by atoms with E-state index < -0.39 is 0 Å². The molecule has 0 bridgehead atoms. The minimum atomic E-state index is 0.836. The third-order valence-corrected chi connectivity index (χ3v) is 4.03. The second kappa shape index (κ2) is 4.48. The van der Waals surface area contributed by atoms with E-state index in [9.17, 15) is 0 Å². The first-order valence-electron chi connectivity index (χ1n) is 7.08. The fourth-order valence-corrected chi connectivity index (χ4v) is 2.86. The Morgan fingerprint density at radius 1 is 1.00 bits per heavy atom. The maximum Gasteiger partial charge on any atom is 0.169 e. The Kier molecular flexibility index (Phi) is 2.61. The van der Waals surface area contributed by atoms with Gasteiger partial charge in [-0.05, 0) is 28.5 Å². The number of amidine groups is 1. The number of fused-ring (bicyclic) bond motifs is 4. The summed E-state index contributed by atoms with van der Waals surface area (Å²) in [6.45, 7) is 0. The normalized spacial score (nSPS) is 14.5. The second-order valence-corrected chi connectivity index (χ2v) is 5.65. The van der Waals surface area contributed by atoms with Crippen LogP contribution in [0.5, 0.6) is 5.75 Å². The average molecular weight is 276 g/mol. The van der Waals surface area contributed by atoms with Crippen molar-refractivity contribution in [3.63, 3.8) is 0 Å². The zero-order valence-electron chi connectivity index (χ0n) is 12.1. The Bertz CT molecular complexity index is 879. The molecule has 0 unspecified atom stereocenters. The van der Waals surface area contributed by atoms with Crippen LogP contribution in [0.15, 0.2) is 41.6 Å². The van der Waals surface area contributed by atoms with Gasteiger partial charge in [0.05, 0.1) is 0 Å². The van der Waals surface area contributed by atoms with Crippen LogP contribution in [0.1, 0.15) is 16.7 Å². The van der Waals surface area contributed by atoms with Gasteiger partial charge in [-0.2, -0.15) is 0 Å². The number of nitrogens with zero attached hydrogens (tertiary/aromatic N) is 2. The summed E-state index contributed by atoms with van der Waals surface area (Å²) in [7, 11) is 3.93. The van der Waals surface area contributed by atoms with Crippen LogP contribution in [0, 0.1) is 0 Å². The SMILES string of the molecule is CN(C)C1=NOc2c3c(ccc2=C1)=Cc1ccccc1C3. The molecule has 2 aromatic carbocycles. The van der Waals surface area contributed by atoms with E-state index in [2.05, 4.69) is 53.7 Å². The van der Waals surface area contributed by atoms with Gasteiger partial charge in [-0.1, -0.05) is 41.6 Å². The lowest BCUT2D eigenvalue weighted by Gasteiger charge is -2.20. The fraction of sp³-hybridized carbons (Fsp3) is 0.167. The molecule has 3 nitrogen and oxygen atoms in total. The van der Waals surface area contributed by atoms with Crippen LogP contribution in [0.4, 0.5) is 0 Å². The molecule has 21 heavy (non-hydrogen) atoms. The number of rotatable bonds is 0. The molecule has 0 saturated heterocycles. The van der Waals surface area contributed by atoms with Crippen molar-refractivity contribution in [2.24, 2.45) is 5.16 Å². The molecule has 104 valence electrons. The fourth-order valence-electron chi connectivity index (χ4n) is 2.86. The van der Waals surface area contributed by atoms with E-state index in [0.29, 0.717) is 0 Å². The molecule has 2 aromatic rings. The van der Waals surface area contributed by atoms with Gasteiger partial charge in [0, 0.05) is 31.3 Å². The molecule has 0 amide bonds. The Morgan fingerprint density at radius 3 is 2.67 bits per heavy atom. The van der Waals surface area contributed by atoms with E-state index in [1.807, 2.05) is 19.0 Å². The van der Waals surface area contributed by atoms with Gasteiger partial charge < -0.3 is 9.74 Å². The summed E-state index contributed by atoms with van der Waals surface area (Å²) < 4.78 is 0. The summed E-state index contributed by atoms with van der Waals surface area (Å²) in [6, 6.07) is 12.8. The first kappa shape index (κ1) is 12.2. The minimum absolute atomic E-state index is 0.836. The van der Waals surface area contributed by atoms with E-state index >= 15 is 0 Å². The highest BCUT2D eigenvalue weighted by Gasteiger charge is 2.17. The maximum atomic E-state index is 5.71. The topological polar surface area (TPSA) is 24.8 Å². The summed E-state index contributed by atoms with van der Waals surface area (Å²) >= 11 is 0. The zero-order chi connectivity index (χ0) is 14.4. The van der Waals surface area contributed by atoms with Gasteiger partial charge >= 0.3 is 0 Å². The van der Waals surface area contributed by atoms with Crippen LogP contribution in [0.3, 0.4) is 0 Å². The Balaban J connectivity index is 1.92. The van der Waals surface area contributed by atoms with Crippen molar-refractivity contribution in [3.05, 3.63) is 63.5 Å². The van der Waals surface area contributed by atoms with Gasteiger partial charge in [-0.3, -0.25) is 0 Å². The molecule has 0 fully saturated rings. The molecule has 0 saturated carbocycles. The monoisotopic (exact) mass is 276 g/mol. The molecule has 0 radical (unpaired) electrons. The first-order valence-corrected chi connectivity index (χ1v) is 7.08. The highest BCUT2D eigenvalue weighted by atomic mass is 16.6. The maximum absolute atomic E-state index is 5.71. The molecule has 0 N–H and O–H groups in total. The third kappa shape index (κ3) is 1.93. The second-order valence-electron chi connectivity index (χ2n) is 5.65. The van der Waals surface area contributed by atoms with E-state index in [-0.39, 0.29) is 0 Å². The van der Waals surface area contributed by atoms with Gasteiger partial charge in [0.15, 0.2) is 11.6 Å². The van der Waals surface area contributed by atoms with E-state index in [4.69, 9.17) is 4.84 Å². The Labute approximate surface area is 123 Å². The van der Waals surface area contributed by atoms with Crippen LogP contribution in [-0.2, 0) is 6.42 Å². The summed E-state index contributed by atoms with van der Waals surface area (Å²) in [6.07, 6.45) is 5.19. The van der Waals surface area contributed by atoms with Crippen molar-refractivity contribution in [3.8, 4) is 5.75 Å². The lowest BCUT2D eigenvalue weighted by atomic mass is 9.91. The largest absolute Gasteiger partial charge is 0.360 e. The first-order chi connectivity index (χ1) is 10.2. The number of hydrogen-bond acceptors (Lipinski definition) is 3. The molecule has 0 spiro atoms. The third-order valence-electron chi connectivity index (χ3n) is 4.03. The summed E-state index contributed by atoms with van der Waals surface area (Å²) in [5.74, 6) is 1.73. The van der Waals surface area contributed by atoms with Crippen molar-refractivity contribution in [1.82, 2.24) is 4.90 Å². The van der Waals surface area contributed by atoms with Gasteiger partial charge in [-0.25, -0.2) is 0 Å². The highest BCUT2D eigenvalue weighted by Crippen LogP contribution is 2.23. The molecular formula is C18H16N2O. The quantitative estimate of drug-likeness (QED) is 0.621. The molecule has 1 aliphatic heterocycles. The van der Waals surface area contributed by atoms with Crippen molar-refractivity contribution in [2.45, 2.75) is 6.42 Å². The van der Waals surface area contributed by atoms with Gasteiger partial charge in [0.1, 0.15) is 0 Å². The van der Waals surface area contributed by atoms with E-state index in [1.165, 1.54) is 21.9 Å². The predicted molar refractivity (Wildman–Crippen MR) is 84.7 cm³/mol. The molecule has 1 aliphatic carbocycles. The van der Waals surface area contributed by atoms with E-state index in [0.717, 1.165) is 23.2 Å². The number of oxime groups is 1. The van der Waals surface area contributed by atoms with Crippen molar-refractivity contribution < 1.29 is 4.84 Å². The zero-order valence-corrected chi connectivity index (χ0v) is 12.1. The van der Waals surface area contributed by atoms with E-state index in [1.54, 1.807) is 0 Å². The molecule has 0 aromatic heterocycles. The van der Waals surface area contributed by atoms with Crippen LogP contribution >= 0.6 is 0 Å². The minimum Gasteiger partial charge on any atom is -0.360 e. The average Bonchev–Trinajstić information content (AvgIpc) is 2.52. The highest BCUT2D eigenvalue weighted by molar-refractivity contribution is 6.08. The molecule has 1 heterocycles. The van der Waals surface area contributed by atoms with Crippen LogP contribution in [0.2, 0.25) is 0 Å². The number of benzene rings is 2. The smallest absolute Gasteiger partial charge is 0.169 e. The lowest BCUT2D eigenvalue weighted by Crippen LogP contribution is -2.29.